The molecule has 1 atom stereocenters. The molecular weight excluding hydrogens is 284 g/mol. The van der Waals surface area contributed by atoms with Crippen LogP contribution in [0.2, 0.25) is 0 Å². The third-order valence-electron chi connectivity index (χ3n) is 2.87. The van der Waals surface area contributed by atoms with Crippen molar-refractivity contribution in [2.24, 2.45) is 0 Å². The summed E-state index contributed by atoms with van der Waals surface area (Å²) >= 11 is 0. The van der Waals surface area contributed by atoms with E-state index >= 15 is 0 Å². The second kappa shape index (κ2) is 6.65. The van der Waals surface area contributed by atoms with Crippen LogP contribution >= 0.6 is 12.4 Å². The van der Waals surface area contributed by atoms with E-state index in [1.807, 2.05) is 6.07 Å². The second-order valence-electron chi connectivity index (χ2n) is 4.13. The first-order valence-electron chi connectivity index (χ1n) is 6.02. The SMILES string of the molecule is COc1ccc(-c2noc(C3COCCN3)n2)cn1.Cl. The number of hydrogen-bond donors (Lipinski definition) is 1. The number of nitrogens with one attached hydrogen (secondary N) is 1. The molecule has 20 heavy (non-hydrogen) atoms. The Balaban J connectivity index is 0.00000147. The zero-order valence-electron chi connectivity index (χ0n) is 10.9. The first kappa shape index (κ1) is 14.7. The lowest BCUT2D eigenvalue weighted by Crippen LogP contribution is -2.34. The third kappa shape index (κ3) is 3.06. The third-order valence-corrected chi connectivity index (χ3v) is 2.87. The van der Waals surface area contributed by atoms with Crippen LogP contribution < -0.4 is 10.1 Å². The number of aromatic nitrogens is 3. The van der Waals surface area contributed by atoms with Crippen molar-refractivity contribution in [2.45, 2.75) is 6.04 Å². The maximum Gasteiger partial charge on any atom is 0.246 e. The van der Waals surface area contributed by atoms with Crippen molar-refractivity contribution >= 4 is 12.4 Å². The van der Waals surface area contributed by atoms with Crippen LogP contribution in [-0.4, -0.2) is 42.0 Å². The highest BCUT2D eigenvalue weighted by molar-refractivity contribution is 5.85. The van der Waals surface area contributed by atoms with Gasteiger partial charge < -0.3 is 19.3 Å². The van der Waals surface area contributed by atoms with Crippen molar-refractivity contribution < 1.29 is 14.0 Å². The van der Waals surface area contributed by atoms with Crippen LogP contribution in [-0.2, 0) is 4.74 Å². The molecule has 3 rings (SSSR count). The van der Waals surface area contributed by atoms with Crippen LogP contribution in [0.15, 0.2) is 22.9 Å². The van der Waals surface area contributed by atoms with Crippen LogP contribution in [0, 0.1) is 0 Å². The minimum atomic E-state index is -0.0405. The van der Waals surface area contributed by atoms with Gasteiger partial charge in [-0.2, -0.15) is 4.98 Å². The molecule has 0 saturated carbocycles. The lowest BCUT2D eigenvalue weighted by Gasteiger charge is -2.20. The van der Waals surface area contributed by atoms with E-state index in [1.54, 1.807) is 19.4 Å². The molecule has 8 heteroatoms. The smallest absolute Gasteiger partial charge is 0.246 e. The van der Waals surface area contributed by atoms with Crippen molar-refractivity contribution in [1.82, 2.24) is 20.4 Å². The highest BCUT2D eigenvalue weighted by Crippen LogP contribution is 2.20. The monoisotopic (exact) mass is 298 g/mol. The summed E-state index contributed by atoms with van der Waals surface area (Å²) in [5.41, 5.74) is 0.785. The Bertz CT molecular complexity index is 540. The zero-order chi connectivity index (χ0) is 13.1. The summed E-state index contributed by atoms with van der Waals surface area (Å²) in [5, 5.41) is 7.22. The Kier molecular flexibility index (Phi) is 4.89. The zero-order valence-corrected chi connectivity index (χ0v) is 11.7. The van der Waals surface area contributed by atoms with Gasteiger partial charge in [0, 0.05) is 24.4 Å². The maximum absolute atomic E-state index is 5.36. The van der Waals surface area contributed by atoms with Gasteiger partial charge in [-0.05, 0) is 6.07 Å². The molecule has 0 aliphatic carbocycles. The molecule has 0 radical (unpaired) electrons. The van der Waals surface area contributed by atoms with E-state index in [1.165, 1.54) is 0 Å². The van der Waals surface area contributed by atoms with E-state index in [0.29, 0.717) is 30.8 Å². The Labute approximate surface area is 122 Å². The van der Waals surface area contributed by atoms with Crippen LogP contribution in [0.1, 0.15) is 11.9 Å². The molecule has 1 aliphatic rings. The van der Waals surface area contributed by atoms with Gasteiger partial charge in [0.15, 0.2) is 0 Å². The Morgan fingerprint density at radius 2 is 2.30 bits per heavy atom. The summed E-state index contributed by atoms with van der Waals surface area (Å²) in [4.78, 5) is 8.47. The number of pyridine rings is 1. The van der Waals surface area contributed by atoms with E-state index in [9.17, 15) is 0 Å². The lowest BCUT2D eigenvalue weighted by molar-refractivity contribution is 0.0659. The number of nitrogens with zero attached hydrogens (tertiary/aromatic N) is 3. The molecule has 1 saturated heterocycles. The van der Waals surface area contributed by atoms with Gasteiger partial charge in [0.25, 0.3) is 0 Å². The van der Waals surface area contributed by atoms with Gasteiger partial charge in [-0.3, -0.25) is 0 Å². The minimum Gasteiger partial charge on any atom is -0.481 e. The van der Waals surface area contributed by atoms with Gasteiger partial charge in [-0.1, -0.05) is 5.16 Å². The second-order valence-corrected chi connectivity index (χ2v) is 4.13. The highest BCUT2D eigenvalue weighted by Gasteiger charge is 2.22. The van der Waals surface area contributed by atoms with Crippen LogP contribution in [0.5, 0.6) is 5.88 Å². The average molecular weight is 299 g/mol. The van der Waals surface area contributed by atoms with E-state index in [0.717, 1.165) is 12.1 Å². The molecule has 0 aromatic carbocycles. The number of methoxy groups -OCH3 is 1. The van der Waals surface area contributed by atoms with Crippen molar-refractivity contribution in [3.8, 4) is 17.3 Å². The summed E-state index contributed by atoms with van der Waals surface area (Å²) < 4.78 is 15.6. The van der Waals surface area contributed by atoms with Gasteiger partial charge >= 0.3 is 0 Å². The number of halogens is 1. The van der Waals surface area contributed by atoms with Crippen molar-refractivity contribution in [3.63, 3.8) is 0 Å². The molecule has 0 bridgehead atoms. The van der Waals surface area contributed by atoms with Gasteiger partial charge in [0.1, 0.15) is 6.04 Å². The van der Waals surface area contributed by atoms with Crippen LogP contribution in [0.3, 0.4) is 0 Å². The van der Waals surface area contributed by atoms with Gasteiger partial charge in [0.2, 0.25) is 17.6 Å². The normalized spacial score (nSPS) is 18.4. The molecule has 0 spiro atoms. The quantitative estimate of drug-likeness (QED) is 0.912. The number of hydrogen-bond acceptors (Lipinski definition) is 7. The van der Waals surface area contributed by atoms with Crippen LogP contribution in [0.25, 0.3) is 11.4 Å². The summed E-state index contributed by atoms with van der Waals surface area (Å²) in [6, 6.07) is 3.56. The largest absolute Gasteiger partial charge is 0.481 e. The fourth-order valence-corrected chi connectivity index (χ4v) is 1.85. The van der Waals surface area contributed by atoms with Crippen molar-refractivity contribution in [2.75, 3.05) is 26.9 Å². The van der Waals surface area contributed by atoms with E-state index in [4.69, 9.17) is 14.0 Å². The summed E-state index contributed by atoms with van der Waals surface area (Å²) in [6.45, 7) is 2.04. The van der Waals surface area contributed by atoms with Crippen molar-refractivity contribution in [1.29, 1.82) is 0 Å². The molecule has 2 aromatic heterocycles. The predicted octanol–water partition coefficient (Wildman–Crippen LogP) is 1.22. The molecule has 2 aromatic rings. The Hall–Kier alpha value is -1.70. The molecule has 7 nitrogen and oxygen atoms in total. The lowest BCUT2D eigenvalue weighted by atomic mass is 10.2. The number of morpholine rings is 1. The summed E-state index contributed by atoms with van der Waals surface area (Å²) in [7, 11) is 1.57. The minimum absolute atomic E-state index is 0. The van der Waals surface area contributed by atoms with E-state index < -0.39 is 0 Å². The first-order valence-corrected chi connectivity index (χ1v) is 6.02. The Morgan fingerprint density at radius 1 is 1.40 bits per heavy atom. The predicted molar refractivity (Wildman–Crippen MR) is 72.9 cm³/mol. The molecule has 0 amide bonds. The van der Waals surface area contributed by atoms with Gasteiger partial charge in [0.05, 0.1) is 20.3 Å². The number of rotatable bonds is 3. The molecular formula is C12H15ClN4O3. The fourth-order valence-electron chi connectivity index (χ4n) is 1.85. The fraction of sp³-hybridized carbons (Fsp3) is 0.417. The Morgan fingerprint density at radius 3 is 2.95 bits per heavy atom. The number of ether oxygens (including phenoxy) is 2. The average Bonchev–Trinajstić information content (AvgIpc) is 2.98. The summed E-state index contributed by atoms with van der Waals surface area (Å²) in [6.07, 6.45) is 1.65. The molecule has 1 unspecified atom stereocenters. The molecule has 108 valence electrons. The standard InChI is InChI=1S/C12H14N4O3.ClH/c1-17-10-3-2-8(6-14-10)11-15-12(19-16-11)9-7-18-5-4-13-9;/h2-3,6,9,13H,4-5,7H2,1H3;1H. The van der Waals surface area contributed by atoms with Crippen molar-refractivity contribution in [3.05, 3.63) is 24.2 Å². The first-order chi connectivity index (χ1) is 9.36. The van der Waals surface area contributed by atoms with E-state index in [2.05, 4.69) is 20.4 Å². The molecule has 3 heterocycles. The van der Waals surface area contributed by atoms with Gasteiger partial charge in [-0.25, -0.2) is 4.98 Å². The molecule has 1 N–H and O–H groups in total. The van der Waals surface area contributed by atoms with Gasteiger partial charge in [-0.15, -0.1) is 12.4 Å². The highest BCUT2D eigenvalue weighted by atomic mass is 35.5. The topological polar surface area (TPSA) is 82.3 Å². The summed E-state index contributed by atoms with van der Waals surface area (Å²) in [5.74, 6) is 1.60. The molecule has 1 aliphatic heterocycles. The van der Waals surface area contributed by atoms with E-state index in [-0.39, 0.29) is 18.4 Å². The maximum atomic E-state index is 5.36. The molecule has 1 fully saturated rings. The van der Waals surface area contributed by atoms with Crippen LogP contribution in [0.4, 0.5) is 0 Å².